The third kappa shape index (κ3) is 3.14. The van der Waals surface area contributed by atoms with E-state index in [9.17, 15) is 0 Å². The molecule has 5 aromatic rings. The molecular weight excluding hydrogens is 404 g/mol. The van der Waals surface area contributed by atoms with Crippen LogP contribution >= 0.6 is 0 Å². The van der Waals surface area contributed by atoms with Crippen LogP contribution in [0.4, 0.5) is 0 Å². The van der Waals surface area contributed by atoms with Gasteiger partial charge in [0.05, 0.1) is 22.8 Å². The molecule has 0 fully saturated rings. The summed E-state index contributed by atoms with van der Waals surface area (Å²) in [6, 6.07) is 30.6. The van der Waals surface area contributed by atoms with Crippen LogP contribution in [0.15, 0.2) is 97.2 Å². The van der Waals surface area contributed by atoms with Crippen molar-refractivity contribution in [2.75, 3.05) is 0 Å². The average Bonchev–Trinajstić information content (AvgIpc) is 3.10. The lowest BCUT2D eigenvalue weighted by Crippen LogP contribution is -2.18. The van der Waals surface area contributed by atoms with E-state index in [4.69, 9.17) is 19.9 Å². The standard InChI is InChI=1S/C29H22N4/c1-29(2)22-18-30-28(21-16-10-5-11-17-21)33-25(22)26-27(29)32-24(20-14-8-4-9-15-20)23(31-26)19-12-6-3-7-13-19/h3-18H,1-2H3. The maximum absolute atomic E-state index is 5.24. The van der Waals surface area contributed by atoms with Gasteiger partial charge in [0.1, 0.15) is 5.69 Å². The molecule has 158 valence electrons. The summed E-state index contributed by atoms with van der Waals surface area (Å²) in [6.07, 6.45) is 1.94. The maximum atomic E-state index is 5.24. The van der Waals surface area contributed by atoms with Crippen molar-refractivity contribution < 1.29 is 0 Å². The van der Waals surface area contributed by atoms with Crippen LogP contribution in [0, 0.1) is 0 Å². The van der Waals surface area contributed by atoms with Gasteiger partial charge < -0.3 is 0 Å². The second kappa shape index (κ2) is 7.45. The molecule has 3 aromatic carbocycles. The van der Waals surface area contributed by atoms with Crippen molar-refractivity contribution in [1.82, 2.24) is 19.9 Å². The summed E-state index contributed by atoms with van der Waals surface area (Å²) in [5.74, 6) is 0.702. The molecule has 0 spiro atoms. The molecule has 0 saturated carbocycles. The van der Waals surface area contributed by atoms with Crippen molar-refractivity contribution in [1.29, 1.82) is 0 Å². The smallest absolute Gasteiger partial charge is 0.159 e. The highest BCUT2D eigenvalue weighted by molar-refractivity contribution is 5.83. The highest BCUT2D eigenvalue weighted by atomic mass is 15.0. The number of fused-ring (bicyclic) bond motifs is 3. The highest BCUT2D eigenvalue weighted by Gasteiger charge is 2.41. The van der Waals surface area contributed by atoms with E-state index in [1.807, 2.05) is 72.9 Å². The molecule has 0 bridgehead atoms. The van der Waals surface area contributed by atoms with Crippen molar-refractivity contribution in [3.63, 3.8) is 0 Å². The minimum Gasteiger partial charge on any atom is -0.247 e. The lowest BCUT2D eigenvalue weighted by molar-refractivity contribution is 0.632. The maximum Gasteiger partial charge on any atom is 0.159 e. The average molecular weight is 427 g/mol. The Morgan fingerprint density at radius 2 is 1.03 bits per heavy atom. The minimum atomic E-state index is -0.342. The minimum absolute atomic E-state index is 0.342. The van der Waals surface area contributed by atoms with E-state index in [0.29, 0.717) is 5.82 Å². The van der Waals surface area contributed by atoms with Crippen LogP contribution in [0.2, 0.25) is 0 Å². The van der Waals surface area contributed by atoms with Crippen molar-refractivity contribution in [3.05, 3.63) is 108 Å². The molecule has 0 aliphatic heterocycles. The fourth-order valence-corrected chi connectivity index (χ4v) is 4.50. The molecular formula is C29H22N4. The molecule has 0 unspecified atom stereocenters. The zero-order valence-electron chi connectivity index (χ0n) is 18.5. The molecule has 1 aliphatic rings. The quantitative estimate of drug-likeness (QED) is 0.327. The van der Waals surface area contributed by atoms with Crippen molar-refractivity contribution in [2.45, 2.75) is 19.3 Å². The molecule has 2 heterocycles. The molecule has 4 heteroatoms. The van der Waals surface area contributed by atoms with Crippen molar-refractivity contribution in [3.8, 4) is 45.3 Å². The Bertz CT molecular complexity index is 1460. The summed E-state index contributed by atoms with van der Waals surface area (Å²) < 4.78 is 0. The van der Waals surface area contributed by atoms with Crippen LogP contribution in [-0.4, -0.2) is 19.9 Å². The van der Waals surface area contributed by atoms with Gasteiger partial charge in [-0.1, -0.05) is 91.0 Å². The van der Waals surface area contributed by atoms with Gasteiger partial charge in [0.2, 0.25) is 0 Å². The summed E-state index contributed by atoms with van der Waals surface area (Å²) in [5.41, 5.74) is 8.19. The molecule has 0 radical (unpaired) electrons. The Morgan fingerprint density at radius 1 is 0.515 bits per heavy atom. The van der Waals surface area contributed by atoms with Gasteiger partial charge in [-0.15, -0.1) is 0 Å². The first-order chi connectivity index (χ1) is 16.1. The molecule has 0 N–H and O–H groups in total. The van der Waals surface area contributed by atoms with Crippen LogP contribution in [0.1, 0.15) is 25.1 Å². The molecule has 1 aliphatic carbocycles. The van der Waals surface area contributed by atoms with Crippen LogP contribution < -0.4 is 0 Å². The third-order valence-electron chi connectivity index (χ3n) is 6.30. The van der Waals surface area contributed by atoms with Gasteiger partial charge in [0.25, 0.3) is 0 Å². The monoisotopic (exact) mass is 426 g/mol. The summed E-state index contributed by atoms with van der Waals surface area (Å²) >= 11 is 0. The lowest BCUT2D eigenvalue weighted by atomic mass is 9.86. The Kier molecular flexibility index (Phi) is 4.40. The van der Waals surface area contributed by atoms with E-state index in [1.54, 1.807) is 0 Å². The van der Waals surface area contributed by atoms with Gasteiger partial charge in [0, 0.05) is 33.9 Å². The Hall–Kier alpha value is -4.18. The van der Waals surface area contributed by atoms with Gasteiger partial charge in [-0.25, -0.2) is 19.9 Å². The number of benzene rings is 3. The number of aromatic nitrogens is 4. The largest absolute Gasteiger partial charge is 0.247 e. The predicted molar refractivity (Wildman–Crippen MR) is 131 cm³/mol. The van der Waals surface area contributed by atoms with Gasteiger partial charge in [-0.2, -0.15) is 0 Å². The van der Waals surface area contributed by atoms with Crippen molar-refractivity contribution in [2.24, 2.45) is 0 Å². The fraction of sp³-hybridized carbons (Fsp3) is 0.103. The molecule has 4 nitrogen and oxygen atoms in total. The first-order valence-corrected chi connectivity index (χ1v) is 11.1. The number of nitrogens with zero attached hydrogens (tertiary/aromatic N) is 4. The second-order valence-electron chi connectivity index (χ2n) is 8.80. The summed E-state index contributed by atoms with van der Waals surface area (Å²) in [4.78, 5) is 20.1. The summed E-state index contributed by atoms with van der Waals surface area (Å²) in [6.45, 7) is 4.35. The summed E-state index contributed by atoms with van der Waals surface area (Å²) in [7, 11) is 0. The lowest BCUT2D eigenvalue weighted by Gasteiger charge is -2.20. The van der Waals surface area contributed by atoms with Gasteiger partial charge >= 0.3 is 0 Å². The Labute approximate surface area is 193 Å². The molecule has 0 amide bonds. The number of hydrogen-bond acceptors (Lipinski definition) is 4. The molecule has 0 atom stereocenters. The van der Waals surface area contributed by atoms with Gasteiger partial charge in [-0.3, -0.25) is 0 Å². The van der Waals surface area contributed by atoms with Crippen LogP contribution in [-0.2, 0) is 5.41 Å². The molecule has 33 heavy (non-hydrogen) atoms. The topological polar surface area (TPSA) is 51.6 Å². The van der Waals surface area contributed by atoms with Crippen LogP contribution in [0.5, 0.6) is 0 Å². The fourth-order valence-electron chi connectivity index (χ4n) is 4.50. The van der Waals surface area contributed by atoms with E-state index < -0.39 is 0 Å². The second-order valence-corrected chi connectivity index (χ2v) is 8.80. The van der Waals surface area contributed by atoms with Crippen LogP contribution in [0.25, 0.3) is 45.3 Å². The third-order valence-corrected chi connectivity index (χ3v) is 6.30. The van der Waals surface area contributed by atoms with E-state index >= 15 is 0 Å². The van der Waals surface area contributed by atoms with E-state index in [-0.39, 0.29) is 5.41 Å². The van der Waals surface area contributed by atoms with Crippen molar-refractivity contribution >= 4 is 0 Å². The highest BCUT2D eigenvalue weighted by Crippen LogP contribution is 2.48. The first kappa shape index (κ1) is 19.5. The summed E-state index contributed by atoms with van der Waals surface area (Å²) in [5, 5.41) is 0. The number of hydrogen-bond donors (Lipinski definition) is 0. The molecule has 0 saturated heterocycles. The zero-order chi connectivity index (χ0) is 22.4. The first-order valence-electron chi connectivity index (χ1n) is 11.1. The molecule has 6 rings (SSSR count). The molecule has 2 aromatic heterocycles. The number of rotatable bonds is 3. The Morgan fingerprint density at radius 3 is 1.61 bits per heavy atom. The van der Waals surface area contributed by atoms with E-state index in [1.165, 1.54) is 0 Å². The normalized spacial score (nSPS) is 13.4. The Balaban J connectivity index is 1.62. The predicted octanol–water partition coefficient (Wildman–Crippen LogP) is 6.57. The SMILES string of the molecule is CC1(C)c2cnc(-c3ccccc3)nc2-c2nc(-c3ccccc3)c(-c3ccccc3)nc21. The van der Waals surface area contributed by atoms with E-state index in [0.717, 1.165) is 50.7 Å². The van der Waals surface area contributed by atoms with Gasteiger partial charge in [-0.05, 0) is 13.8 Å². The van der Waals surface area contributed by atoms with E-state index in [2.05, 4.69) is 38.1 Å². The van der Waals surface area contributed by atoms with Crippen LogP contribution in [0.3, 0.4) is 0 Å². The van der Waals surface area contributed by atoms with Gasteiger partial charge in [0.15, 0.2) is 5.82 Å². The zero-order valence-corrected chi connectivity index (χ0v) is 18.5.